The number of nitrogens with one attached hydrogen (secondary N) is 1. The average molecular weight is 224 g/mol. The highest BCUT2D eigenvalue weighted by Crippen LogP contribution is 2.10. The fraction of sp³-hybridized carbons (Fsp3) is 0.250. The van der Waals surface area contributed by atoms with Gasteiger partial charge in [0, 0.05) is 11.6 Å². The Morgan fingerprint density at radius 2 is 2.33 bits per heavy atom. The molecule has 0 bridgehead atoms. The first-order valence-electron chi connectivity index (χ1n) is 4.87. The van der Waals surface area contributed by atoms with E-state index in [-0.39, 0.29) is 5.91 Å². The summed E-state index contributed by atoms with van der Waals surface area (Å²) in [5.41, 5.74) is 1.13. The van der Waals surface area contributed by atoms with Crippen LogP contribution in [0.25, 0.3) is 0 Å². The van der Waals surface area contributed by atoms with Gasteiger partial charge in [0.25, 0.3) is 0 Å². The minimum Gasteiger partial charge on any atom is -0.352 e. The molecule has 0 atom stereocenters. The van der Waals surface area contributed by atoms with Crippen molar-refractivity contribution in [3.8, 4) is 0 Å². The zero-order valence-corrected chi connectivity index (χ0v) is 9.42. The molecule has 1 rings (SSSR count). The largest absolute Gasteiger partial charge is 0.352 e. The molecule has 15 heavy (non-hydrogen) atoms. The Hall–Kier alpha value is -1.28. The lowest BCUT2D eigenvalue weighted by molar-refractivity contribution is -0.116. The molecule has 0 saturated heterocycles. The smallest absolute Gasteiger partial charge is 0.243 e. The summed E-state index contributed by atoms with van der Waals surface area (Å²) in [7, 11) is 0. The van der Waals surface area contributed by atoms with Crippen molar-refractivity contribution in [2.75, 3.05) is 6.54 Å². The van der Waals surface area contributed by atoms with Gasteiger partial charge < -0.3 is 5.32 Å². The second-order valence-corrected chi connectivity index (χ2v) is 3.61. The highest BCUT2D eigenvalue weighted by atomic mass is 35.5. The summed E-state index contributed by atoms with van der Waals surface area (Å²) >= 11 is 5.84. The molecule has 1 aromatic rings. The molecule has 0 radical (unpaired) electrons. The number of halogens is 1. The minimum absolute atomic E-state index is 0.0560. The number of rotatable bonds is 4. The lowest BCUT2D eigenvalue weighted by Crippen LogP contribution is -2.23. The van der Waals surface area contributed by atoms with E-state index >= 15 is 0 Å². The van der Waals surface area contributed by atoms with Crippen LogP contribution >= 0.6 is 11.6 Å². The van der Waals surface area contributed by atoms with Crippen LogP contribution in [0.15, 0.2) is 36.4 Å². The minimum atomic E-state index is -0.0560. The van der Waals surface area contributed by atoms with Gasteiger partial charge in [0.1, 0.15) is 0 Å². The molecule has 2 nitrogen and oxygen atoms in total. The normalized spacial score (nSPS) is 10.5. The summed E-state index contributed by atoms with van der Waals surface area (Å²) in [5.74, 6) is -0.0560. The SMILES string of the molecule is CC=CC(=O)NCCc1cccc(Cl)c1. The first-order chi connectivity index (χ1) is 7.22. The van der Waals surface area contributed by atoms with Crippen molar-refractivity contribution < 1.29 is 4.79 Å². The van der Waals surface area contributed by atoms with Crippen LogP contribution in [0.3, 0.4) is 0 Å². The van der Waals surface area contributed by atoms with Gasteiger partial charge in [-0.05, 0) is 37.1 Å². The molecule has 0 aromatic heterocycles. The molecule has 80 valence electrons. The van der Waals surface area contributed by atoms with E-state index in [4.69, 9.17) is 11.6 Å². The summed E-state index contributed by atoms with van der Waals surface area (Å²) < 4.78 is 0. The second-order valence-electron chi connectivity index (χ2n) is 3.17. The van der Waals surface area contributed by atoms with Gasteiger partial charge in [0.15, 0.2) is 0 Å². The number of allylic oxidation sites excluding steroid dienone is 1. The molecule has 0 fully saturated rings. The van der Waals surface area contributed by atoms with Crippen LogP contribution in [-0.2, 0) is 11.2 Å². The number of carbonyl (C=O) groups is 1. The Bertz CT molecular complexity index is 360. The van der Waals surface area contributed by atoms with E-state index in [0.717, 1.165) is 17.0 Å². The van der Waals surface area contributed by atoms with Crippen molar-refractivity contribution in [2.45, 2.75) is 13.3 Å². The first kappa shape index (κ1) is 11.8. The van der Waals surface area contributed by atoms with Gasteiger partial charge in [-0.25, -0.2) is 0 Å². The van der Waals surface area contributed by atoms with E-state index in [1.54, 1.807) is 6.08 Å². The summed E-state index contributed by atoms with van der Waals surface area (Å²) in [5, 5.41) is 3.51. The molecular weight excluding hydrogens is 210 g/mol. The fourth-order valence-electron chi connectivity index (χ4n) is 1.23. The molecule has 0 aliphatic carbocycles. The molecule has 0 unspecified atom stereocenters. The van der Waals surface area contributed by atoms with E-state index in [2.05, 4.69) is 5.32 Å². The summed E-state index contributed by atoms with van der Waals surface area (Å²) in [4.78, 5) is 11.1. The zero-order valence-electron chi connectivity index (χ0n) is 8.66. The number of hydrogen-bond acceptors (Lipinski definition) is 1. The Balaban J connectivity index is 2.35. The average Bonchev–Trinajstić information content (AvgIpc) is 2.18. The molecule has 1 amide bonds. The van der Waals surface area contributed by atoms with E-state index < -0.39 is 0 Å². The molecule has 0 heterocycles. The third-order valence-electron chi connectivity index (χ3n) is 1.92. The Morgan fingerprint density at radius 3 is 3.00 bits per heavy atom. The zero-order chi connectivity index (χ0) is 11.1. The highest BCUT2D eigenvalue weighted by Gasteiger charge is 1.96. The van der Waals surface area contributed by atoms with Crippen LogP contribution in [-0.4, -0.2) is 12.5 Å². The van der Waals surface area contributed by atoms with Crippen molar-refractivity contribution >= 4 is 17.5 Å². The number of carbonyl (C=O) groups excluding carboxylic acids is 1. The molecule has 0 spiro atoms. The number of benzene rings is 1. The third kappa shape index (κ3) is 4.66. The van der Waals surface area contributed by atoms with Gasteiger partial charge in [-0.1, -0.05) is 29.8 Å². The van der Waals surface area contributed by atoms with Crippen molar-refractivity contribution in [3.63, 3.8) is 0 Å². The summed E-state index contributed by atoms with van der Waals surface area (Å²) in [6.45, 7) is 2.44. The van der Waals surface area contributed by atoms with Gasteiger partial charge in [-0.2, -0.15) is 0 Å². The fourth-order valence-corrected chi connectivity index (χ4v) is 1.45. The van der Waals surface area contributed by atoms with Crippen molar-refractivity contribution in [3.05, 3.63) is 47.0 Å². The van der Waals surface area contributed by atoms with E-state index in [1.165, 1.54) is 6.08 Å². The predicted octanol–water partition coefficient (Wildman–Crippen LogP) is 2.57. The van der Waals surface area contributed by atoms with Crippen LogP contribution in [0.2, 0.25) is 5.02 Å². The third-order valence-corrected chi connectivity index (χ3v) is 2.16. The van der Waals surface area contributed by atoms with Gasteiger partial charge >= 0.3 is 0 Å². The number of hydrogen-bond donors (Lipinski definition) is 1. The predicted molar refractivity (Wildman–Crippen MR) is 63.0 cm³/mol. The molecule has 1 N–H and O–H groups in total. The van der Waals surface area contributed by atoms with Crippen molar-refractivity contribution in [1.82, 2.24) is 5.32 Å². The molecule has 0 saturated carbocycles. The van der Waals surface area contributed by atoms with E-state index in [0.29, 0.717) is 6.54 Å². The molecule has 0 aliphatic heterocycles. The van der Waals surface area contributed by atoms with Crippen LogP contribution in [0.1, 0.15) is 12.5 Å². The lowest BCUT2D eigenvalue weighted by atomic mass is 10.1. The van der Waals surface area contributed by atoms with E-state index in [9.17, 15) is 4.79 Å². The van der Waals surface area contributed by atoms with Crippen LogP contribution in [0, 0.1) is 0 Å². The Labute approximate surface area is 94.9 Å². The van der Waals surface area contributed by atoms with Gasteiger partial charge in [0.05, 0.1) is 0 Å². The quantitative estimate of drug-likeness (QED) is 0.782. The summed E-state index contributed by atoms with van der Waals surface area (Å²) in [6.07, 6.45) is 4.02. The Morgan fingerprint density at radius 1 is 1.53 bits per heavy atom. The first-order valence-corrected chi connectivity index (χ1v) is 5.25. The number of amides is 1. The maximum Gasteiger partial charge on any atom is 0.243 e. The van der Waals surface area contributed by atoms with Crippen molar-refractivity contribution in [2.24, 2.45) is 0 Å². The standard InChI is InChI=1S/C12H14ClNO/c1-2-4-12(15)14-8-7-10-5-3-6-11(13)9-10/h2-6,9H,7-8H2,1H3,(H,14,15). The van der Waals surface area contributed by atoms with Gasteiger partial charge in [0.2, 0.25) is 5.91 Å². The van der Waals surface area contributed by atoms with Crippen LogP contribution in [0.5, 0.6) is 0 Å². The monoisotopic (exact) mass is 223 g/mol. The van der Waals surface area contributed by atoms with Gasteiger partial charge in [-0.3, -0.25) is 4.79 Å². The van der Waals surface area contributed by atoms with Crippen LogP contribution < -0.4 is 5.32 Å². The lowest BCUT2D eigenvalue weighted by Gasteiger charge is -2.02. The topological polar surface area (TPSA) is 29.1 Å². The molecule has 0 aliphatic rings. The summed E-state index contributed by atoms with van der Waals surface area (Å²) in [6, 6.07) is 7.64. The van der Waals surface area contributed by atoms with E-state index in [1.807, 2.05) is 31.2 Å². The molecular formula is C12H14ClNO. The maximum atomic E-state index is 11.1. The van der Waals surface area contributed by atoms with Crippen molar-refractivity contribution in [1.29, 1.82) is 0 Å². The van der Waals surface area contributed by atoms with Gasteiger partial charge in [-0.15, -0.1) is 0 Å². The second kappa shape index (κ2) is 6.25. The molecule has 1 aromatic carbocycles. The molecule has 3 heteroatoms. The van der Waals surface area contributed by atoms with Crippen LogP contribution in [0.4, 0.5) is 0 Å². The Kier molecular flexibility index (Phi) is 4.91. The highest BCUT2D eigenvalue weighted by molar-refractivity contribution is 6.30. The maximum absolute atomic E-state index is 11.1.